The highest BCUT2D eigenvalue weighted by Crippen LogP contribution is 2.32. The molecule has 4 aromatic rings. The number of halogens is 2. The molecule has 1 aliphatic heterocycles. The van der Waals surface area contributed by atoms with Gasteiger partial charge in [-0.2, -0.15) is 4.39 Å². The number of nitrogens with one attached hydrogen (secondary N) is 3. The van der Waals surface area contributed by atoms with Crippen molar-refractivity contribution >= 4 is 35.3 Å². The molecule has 3 heterocycles. The van der Waals surface area contributed by atoms with Crippen LogP contribution in [0.3, 0.4) is 0 Å². The average molecular weight is 592 g/mol. The Bertz CT molecular complexity index is 1670. The van der Waals surface area contributed by atoms with E-state index < -0.39 is 11.6 Å². The van der Waals surface area contributed by atoms with Gasteiger partial charge in [0.1, 0.15) is 6.61 Å². The number of fused-ring (bicyclic) bond motifs is 1. The Labute approximate surface area is 246 Å². The first-order valence-corrected chi connectivity index (χ1v) is 13.6. The highest BCUT2D eigenvalue weighted by Gasteiger charge is 2.26. The predicted octanol–water partition coefficient (Wildman–Crippen LogP) is 3.18. The molecule has 0 saturated carbocycles. The number of urea groups is 1. The fourth-order valence-electron chi connectivity index (χ4n) is 4.87. The molecule has 0 unspecified atom stereocenters. The number of hydrogen-bond acceptors (Lipinski definition) is 8. The lowest BCUT2D eigenvalue weighted by Crippen LogP contribution is -2.53. The largest absolute Gasteiger partial charge is 0.485 e. The second-order valence-corrected chi connectivity index (χ2v) is 9.82. The summed E-state index contributed by atoms with van der Waals surface area (Å²) in [4.78, 5) is 37.6. The summed E-state index contributed by atoms with van der Waals surface area (Å²) in [5.74, 6) is -2.27. The SMILES string of the molecule is Cc1cc(Nc2nccn3c(-c4ccc(OCC=N)c(F)c4F)cnc23)ccc1C(=O)N1CCN(C(=O)NCCN)CC1. The van der Waals surface area contributed by atoms with E-state index in [2.05, 4.69) is 20.6 Å². The number of aryl methyl sites for hydroxylation is 1. The summed E-state index contributed by atoms with van der Waals surface area (Å²) in [6, 6.07) is 7.83. The van der Waals surface area contributed by atoms with Crippen LogP contribution in [0.4, 0.5) is 25.1 Å². The number of ether oxygens (including phenoxy) is 1. The van der Waals surface area contributed by atoms with E-state index in [1.807, 2.05) is 13.0 Å². The fraction of sp³-hybridized carbons (Fsp3) is 0.276. The zero-order valence-electron chi connectivity index (χ0n) is 23.4. The van der Waals surface area contributed by atoms with Crippen LogP contribution in [-0.2, 0) is 0 Å². The Morgan fingerprint density at radius 3 is 2.58 bits per heavy atom. The lowest BCUT2D eigenvalue weighted by molar-refractivity contribution is 0.0664. The number of anilines is 2. The summed E-state index contributed by atoms with van der Waals surface area (Å²) in [6.45, 7) is 4.14. The maximum absolute atomic E-state index is 15.0. The second kappa shape index (κ2) is 12.8. The Morgan fingerprint density at radius 1 is 1.09 bits per heavy atom. The first-order chi connectivity index (χ1) is 20.8. The van der Waals surface area contributed by atoms with Gasteiger partial charge in [0.25, 0.3) is 5.91 Å². The first-order valence-electron chi connectivity index (χ1n) is 13.6. The van der Waals surface area contributed by atoms with Crippen LogP contribution in [0.5, 0.6) is 5.75 Å². The lowest BCUT2D eigenvalue weighted by atomic mass is 10.1. The third kappa shape index (κ3) is 6.09. The van der Waals surface area contributed by atoms with Gasteiger partial charge in [0.2, 0.25) is 5.82 Å². The number of carbonyl (C=O) groups is 2. The number of benzene rings is 2. The van der Waals surface area contributed by atoms with Crippen LogP contribution in [0.1, 0.15) is 15.9 Å². The Kier molecular flexibility index (Phi) is 8.76. The first kappa shape index (κ1) is 29.4. The minimum atomic E-state index is -1.15. The third-order valence-electron chi connectivity index (χ3n) is 7.07. The molecular weight excluding hydrogens is 560 g/mol. The van der Waals surface area contributed by atoms with Gasteiger partial charge in [0.05, 0.1) is 11.9 Å². The number of nitrogens with two attached hydrogens (primary N) is 1. The topological polar surface area (TPSA) is 154 Å². The molecule has 0 radical (unpaired) electrons. The third-order valence-corrected chi connectivity index (χ3v) is 7.07. The van der Waals surface area contributed by atoms with Gasteiger partial charge in [-0.3, -0.25) is 9.20 Å². The number of rotatable bonds is 9. The van der Waals surface area contributed by atoms with Crippen LogP contribution in [0.15, 0.2) is 48.9 Å². The number of amides is 3. The van der Waals surface area contributed by atoms with Gasteiger partial charge in [0, 0.05) is 74.7 Å². The van der Waals surface area contributed by atoms with Crippen molar-refractivity contribution in [1.82, 2.24) is 29.5 Å². The molecule has 43 heavy (non-hydrogen) atoms. The molecule has 0 bridgehead atoms. The van der Waals surface area contributed by atoms with Gasteiger partial charge in [-0.15, -0.1) is 0 Å². The predicted molar refractivity (Wildman–Crippen MR) is 157 cm³/mol. The minimum Gasteiger partial charge on any atom is -0.485 e. The maximum atomic E-state index is 15.0. The van der Waals surface area contributed by atoms with Crippen molar-refractivity contribution in [3.63, 3.8) is 0 Å². The van der Waals surface area contributed by atoms with Crippen LogP contribution < -0.4 is 21.1 Å². The Balaban J connectivity index is 1.31. The quantitative estimate of drug-likeness (QED) is 0.218. The summed E-state index contributed by atoms with van der Waals surface area (Å²) in [7, 11) is 0. The molecule has 2 aromatic carbocycles. The van der Waals surface area contributed by atoms with Crippen molar-refractivity contribution in [3.8, 4) is 17.0 Å². The molecule has 3 amide bonds. The van der Waals surface area contributed by atoms with Crippen molar-refractivity contribution in [2.75, 3.05) is 51.2 Å². The molecule has 0 aliphatic carbocycles. The zero-order chi connectivity index (χ0) is 30.5. The minimum absolute atomic E-state index is 0.0138. The summed E-state index contributed by atoms with van der Waals surface area (Å²) in [6.07, 6.45) is 5.47. The van der Waals surface area contributed by atoms with E-state index in [9.17, 15) is 18.4 Å². The van der Waals surface area contributed by atoms with E-state index in [0.29, 0.717) is 67.7 Å². The molecule has 0 atom stereocenters. The molecule has 1 fully saturated rings. The standard InChI is InChI=1S/C29H31F2N9O3/c1-18-16-19(2-3-20(18)28(41)38-11-13-39(14-12-38)29(42)35-8-6-32)37-26-27-36-17-22(40(27)10-9-34-26)21-4-5-23(43-15-7-33)25(31)24(21)30/h2-5,7,9-10,16-17,33H,6,8,11-15,32H2,1H3,(H,34,37)(H,35,42). The van der Waals surface area contributed by atoms with E-state index in [1.165, 1.54) is 24.5 Å². The number of hydrogen-bond donors (Lipinski definition) is 4. The highest BCUT2D eigenvalue weighted by molar-refractivity contribution is 5.96. The van der Waals surface area contributed by atoms with E-state index in [4.69, 9.17) is 15.9 Å². The van der Waals surface area contributed by atoms with Gasteiger partial charge >= 0.3 is 6.03 Å². The lowest BCUT2D eigenvalue weighted by Gasteiger charge is -2.35. The van der Waals surface area contributed by atoms with Gasteiger partial charge < -0.3 is 36.3 Å². The molecule has 224 valence electrons. The number of piperazine rings is 1. The smallest absolute Gasteiger partial charge is 0.317 e. The molecule has 2 aromatic heterocycles. The van der Waals surface area contributed by atoms with Crippen LogP contribution in [0, 0.1) is 24.0 Å². The maximum Gasteiger partial charge on any atom is 0.317 e. The van der Waals surface area contributed by atoms with Gasteiger partial charge in [0.15, 0.2) is 23.0 Å². The molecule has 0 spiro atoms. The van der Waals surface area contributed by atoms with E-state index in [-0.39, 0.29) is 29.9 Å². The molecule has 12 nitrogen and oxygen atoms in total. The van der Waals surface area contributed by atoms with Crippen molar-refractivity contribution in [2.24, 2.45) is 5.73 Å². The molecule has 1 saturated heterocycles. The van der Waals surface area contributed by atoms with E-state index in [1.54, 1.807) is 32.5 Å². The van der Waals surface area contributed by atoms with E-state index in [0.717, 1.165) is 11.8 Å². The summed E-state index contributed by atoms with van der Waals surface area (Å²) in [5.41, 5.74) is 8.07. The van der Waals surface area contributed by atoms with Crippen molar-refractivity contribution in [3.05, 3.63) is 71.7 Å². The van der Waals surface area contributed by atoms with Crippen LogP contribution in [-0.4, -0.2) is 88.2 Å². The Morgan fingerprint density at radius 2 is 1.86 bits per heavy atom. The molecular formula is C29H31F2N9O3. The molecule has 5 N–H and O–H groups in total. The summed E-state index contributed by atoms with van der Waals surface area (Å²) >= 11 is 0. The average Bonchev–Trinajstić information content (AvgIpc) is 3.45. The summed E-state index contributed by atoms with van der Waals surface area (Å²) in [5, 5.41) is 13.0. The van der Waals surface area contributed by atoms with Crippen LogP contribution >= 0.6 is 0 Å². The number of nitrogens with zero attached hydrogens (tertiary/aromatic N) is 5. The number of aromatic nitrogens is 3. The normalized spacial score (nSPS) is 13.2. The van der Waals surface area contributed by atoms with Crippen molar-refractivity contribution in [2.45, 2.75) is 6.92 Å². The number of carbonyl (C=O) groups excluding carboxylic acids is 2. The van der Waals surface area contributed by atoms with Gasteiger partial charge in [-0.05, 0) is 42.8 Å². The zero-order valence-corrected chi connectivity index (χ0v) is 23.4. The molecule has 14 heteroatoms. The van der Waals surface area contributed by atoms with Gasteiger partial charge in [-0.1, -0.05) is 0 Å². The summed E-state index contributed by atoms with van der Waals surface area (Å²) < 4.78 is 36.2. The fourth-order valence-corrected chi connectivity index (χ4v) is 4.87. The van der Waals surface area contributed by atoms with Crippen LogP contribution in [0.2, 0.25) is 0 Å². The Hall–Kier alpha value is -5.11. The molecule has 1 aliphatic rings. The van der Waals surface area contributed by atoms with Gasteiger partial charge in [-0.25, -0.2) is 19.2 Å². The highest BCUT2D eigenvalue weighted by atomic mass is 19.2. The van der Waals surface area contributed by atoms with E-state index >= 15 is 0 Å². The van der Waals surface area contributed by atoms with Crippen LogP contribution in [0.25, 0.3) is 16.9 Å². The monoisotopic (exact) mass is 591 g/mol. The van der Waals surface area contributed by atoms with Crippen molar-refractivity contribution < 1.29 is 23.1 Å². The van der Waals surface area contributed by atoms with Crippen molar-refractivity contribution in [1.29, 1.82) is 5.41 Å². The molecule has 5 rings (SSSR count). The second-order valence-electron chi connectivity index (χ2n) is 9.82. The number of imidazole rings is 1.